The Hall–Kier alpha value is -2.36. The van der Waals surface area contributed by atoms with Gasteiger partial charge in [0.05, 0.1) is 11.7 Å². The number of aryl methyl sites for hydroxylation is 1. The van der Waals surface area contributed by atoms with Crippen LogP contribution in [-0.2, 0) is 21.2 Å². The normalized spacial score (nSPS) is 12.9. The highest BCUT2D eigenvalue weighted by Crippen LogP contribution is 2.21. The molecule has 0 unspecified atom stereocenters. The lowest BCUT2D eigenvalue weighted by Gasteiger charge is -2.21. The SMILES string of the molecule is CC(C)[C@@H](NS(=O)(=O)c1cccc2nsnc12)C(=O)NCCCc1ccccc1. The van der Waals surface area contributed by atoms with Crippen molar-refractivity contribution in [1.29, 1.82) is 0 Å². The van der Waals surface area contributed by atoms with Gasteiger partial charge in [-0.25, -0.2) is 8.42 Å². The Kier molecular flexibility index (Phi) is 6.94. The second-order valence-corrected chi connectivity index (χ2v) is 9.32. The number of hydrogen-bond acceptors (Lipinski definition) is 6. The molecule has 2 N–H and O–H groups in total. The third kappa shape index (κ3) is 5.37. The van der Waals surface area contributed by atoms with Crippen LogP contribution in [0, 0.1) is 5.92 Å². The van der Waals surface area contributed by atoms with Crippen molar-refractivity contribution in [3.63, 3.8) is 0 Å². The van der Waals surface area contributed by atoms with Crippen molar-refractivity contribution < 1.29 is 13.2 Å². The Morgan fingerprint density at radius 1 is 1.07 bits per heavy atom. The van der Waals surface area contributed by atoms with Gasteiger partial charge in [0.2, 0.25) is 15.9 Å². The second kappa shape index (κ2) is 9.43. The highest BCUT2D eigenvalue weighted by Gasteiger charge is 2.29. The van der Waals surface area contributed by atoms with Gasteiger partial charge in [-0.2, -0.15) is 13.5 Å². The molecule has 0 saturated heterocycles. The summed E-state index contributed by atoms with van der Waals surface area (Å²) in [5, 5.41) is 2.85. The van der Waals surface area contributed by atoms with E-state index >= 15 is 0 Å². The summed E-state index contributed by atoms with van der Waals surface area (Å²) in [6.45, 7) is 4.09. The first-order valence-corrected chi connectivity index (χ1v) is 11.6. The van der Waals surface area contributed by atoms with Gasteiger partial charge in [-0.3, -0.25) is 4.79 Å². The Balaban J connectivity index is 1.64. The smallest absolute Gasteiger partial charge is 0.243 e. The van der Waals surface area contributed by atoms with Crippen molar-refractivity contribution in [1.82, 2.24) is 18.8 Å². The third-order valence-electron chi connectivity index (χ3n) is 4.55. The maximum absolute atomic E-state index is 12.9. The summed E-state index contributed by atoms with van der Waals surface area (Å²) in [5.41, 5.74) is 2.04. The molecule has 1 aromatic heterocycles. The van der Waals surface area contributed by atoms with Crippen LogP contribution in [0.1, 0.15) is 25.8 Å². The summed E-state index contributed by atoms with van der Waals surface area (Å²) < 4.78 is 36.6. The van der Waals surface area contributed by atoms with E-state index in [1.54, 1.807) is 12.1 Å². The van der Waals surface area contributed by atoms with Crippen LogP contribution in [-0.4, -0.2) is 35.7 Å². The van der Waals surface area contributed by atoms with Gasteiger partial charge in [0.1, 0.15) is 22.0 Å². The molecule has 29 heavy (non-hydrogen) atoms. The first-order chi connectivity index (χ1) is 13.9. The maximum Gasteiger partial charge on any atom is 0.243 e. The van der Waals surface area contributed by atoms with E-state index in [0.29, 0.717) is 17.6 Å². The van der Waals surface area contributed by atoms with Crippen LogP contribution >= 0.6 is 11.7 Å². The fourth-order valence-electron chi connectivity index (χ4n) is 2.98. The standard InChI is InChI=1S/C20H24N4O3S2/c1-14(2)18(20(25)21-13-7-10-15-8-4-3-5-9-15)24-29(26,27)17-12-6-11-16-19(17)23-28-22-16/h3-6,8-9,11-12,14,18,24H,7,10,13H2,1-2H3,(H,21,25)/t18-/m1/s1. The third-order valence-corrected chi connectivity index (χ3v) is 6.57. The van der Waals surface area contributed by atoms with Gasteiger partial charge in [0, 0.05) is 6.54 Å². The molecule has 0 spiro atoms. The zero-order chi connectivity index (χ0) is 20.9. The summed E-state index contributed by atoms with van der Waals surface area (Å²) in [6, 6.07) is 13.9. The minimum atomic E-state index is -3.93. The average Bonchev–Trinajstić information content (AvgIpc) is 3.18. The molecule has 1 amide bonds. The van der Waals surface area contributed by atoms with Gasteiger partial charge < -0.3 is 5.32 Å². The van der Waals surface area contributed by atoms with E-state index < -0.39 is 16.1 Å². The minimum absolute atomic E-state index is 0.0336. The first kappa shape index (κ1) is 21.4. The lowest BCUT2D eigenvalue weighted by atomic mass is 10.0. The lowest BCUT2D eigenvalue weighted by Crippen LogP contribution is -2.49. The van der Waals surface area contributed by atoms with Gasteiger partial charge in [-0.05, 0) is 36.5 Å². The van der Waals surface area contributed by atoms with E-state index in [1.165, 1.54) is 11.6 Å². The van der Waals surface area contributed by atoms with E-state index in [-0.39, 0.29) is 16.7 Å². The molecule has 0 aliphatic rings. The molecule has 9 heteroatoms. The number of rotatable bonds is 9. The molecule has 2 aromatic carbocycles. The Morgan fingerprint density at radius 3 is 2.55 bits per heavy atom. The van der Waals surface area contributed by atoms with Gasteiger partial charge in [0.15, 0.2) is 0 Å². The largest absolute Gasteiger partial charge is 0.355 e. The summed E-state index contributed by atoms with van der Waals surface area (Å²) in [7, 11) is -3.93. The molecule has 1 atom stereocenters. The van der Waals surface area contributed by atoms with Gasteiger partial charge in [-0.15, -0.1) is 0 Å². The van der Waals surface area contributed by atoms with Crippen LogP contribution < -0.4 is 10.0 Å². The number of benzene rings is 2. The Morgan fingerprint density at radius 2 is 1.83 bits per heavy atom. The fourth-order valence-corrected chi connectivity index (χ4v) is 5.09. The predicted octanol–water partition coefficient (Wildman–Crippen LogP) is 2.74. The van der Waals surface area contributed by atoms with Crippen molar-refractivity contribution in [2.75, 3.05) is 6.54 Å². The van der Waals surface area contributed by atoms with Crippen molar-refractivity contribution in [2.45, 2.75) is 37.6 Å². The van der Waals surface area contributed by atoms with E-state index in [0.717, 1.165) is 24.6 Å². The zero-order valence-electron chi connectivity index (χ0n) is 16.3. The molecule has 3 rings (SSSR count). The fraction of sp³-hybridized carbons (Fsp3) is 0.350. The number of carbonyl (C=O) groups is 1. The summed E-state index contributed by atoms with van der Waals surface area (Å²) in [6.07, 6.45) is 1.62. The summed E-state index contributed by atoms with van der Waals surface area (Å²) >= 11 is 0.955. The van der Waals surface area contributed by atoms with Crippen LogP contribution in [0.25, 0.3) is 11.0 Å². The van der Waals surface area contributed by atoms with Crippen molar-refractivity contribution in [3.8, 4) is 0 Å². The molecule has 7 nitrogen and oxygen atoms in total. The molecule has 0 aliphatic carbocycles. The van der Waals surface area contributed by atoms with Gasteiger partial charge in [-0.1, -0.05) is 50.2 Å². The van der Waals surface area contributed by atoms with Crippen molar-refractivity contribution >= 4 is 38.7 Å². The van der Waals surface area contributed by atoms with E-state index in [2.05, 4.69) is 18.8 Å². The Labute approximate surface area is 174 Å². The molecular weight excluding hydrogens is 408 g/mol. The molecule has 0 radical (unpaired) electrons. The predicted molar refractivity (Wildman–Crippen MR) is 114 cm³/mol. The van der Waals surface area contributed by atoms with Crippen molar-refractivity contribution in [3.05, 3.63) is 54.1 Å². The second-order valence-electron chi connectivity index (χ2n) is 7.11. The highest BCUT2D eigenvalue weighted by molar-refractivity contribution is 7.89. The molecule has 154 valence electrons. The van der Waals surface area contributed by atoms with Gasteiger partial charge in [0.25, 0.3) is 0 Å². The first-order valence-electron chi connectivity index (χ1n) is 9.44. The molecule has 0 fully saturated rings. The molecule has 0 saturated carbocycles. The number of aromatic nitrogens is 2. The number of hydrogen-bond donors (Lipinski definition) is 2. The number of carbonyl (C=O) groups excluding carboxylic acids is 1. The van der Waals surface area contributed by atoms with Crippen LogP contribution in [0.15, 0.2) is 53.4 Å². The lowest BCUT2D eigenvalue weighted by molar-refractivity contribution is -0.123. The maximum atomic E-state index is 12.9. The molecule has 0 aliphatic heterocycles. The average molecular weight is 433 g/mol. The number of fused-ring (bicyclic) bond motifs is 1. The van der Waals surface area contributed by atoms with E-state index in [9.17, 15) is 13.2 Å². The topological polar surface area (TPSA) is 101 Å². The van der Waals surface area contributed by atoms with Crippen LogP contribution in [0.3, 0.4) is 0 Å². The summed E-state index contributed by atoms with van der Waals surface area (Å²) in [5.74, 6) is -0.549. The van der Waals surface area contributed by atoms with E-state index in [1.807, 2.05) is 44.2 Å². The van der Waals surface area contributed by atoms with Crippen LogP contribution in [0.2, 0.25) is 0 Å². The quantitative estimate of drug-likeness (QED) is 0.506. The van der Waals surface area contributed by atoms with Crippen molar-refractivity contribution in [2.24, 2.45) is 5.92 Å². The van der Waals surface area contributed by atoms with Crippen LogP contribution in [0.4, 0.5) is 0 Å². The van der Waals surface area contributed by atoms with Gasteiger partial charge >= 0.3 is 0 Å². The van der Waals surface area contributed by atoms with Crippen LogP contribution in [0.5, 0.6) is 0 Å². The molecular formula is C20H24N4O3S2. The number of nitrogens with zero attached hydrogens (tertiary/aromatic N) is 2. The summed E-state index contributed by atoms with van der Waals surface area (Å²) in [4.78, 5) is 12.7. The minimum Gasteiger partial charge on any atom is -0.355 e. The zero-order valence-corrected chi connectivity index (χ0v) is 18.0. The number of amides is 1. The highest BCUT2D eigenvalue weighted by atomic mass is 32.2. The monoisotopic (exact) mass is 432 g/mol. The van der Waals surface area contributed by atoms with E-state index in [4.69, 9.17) is 0 Å². The molecule has 1 heterocycles. The number of sulfonamides is 1. The number of nitrogens with one attached hydrogen (secondary N) is 2. The molecule has 0 bridgehead atoms. The molecule has 3 aromatic rings. The Bertz CT molecular complexity index is 1070.